The van der Waals surface area contributed by atoms with Gasteiger partial charge in [0, 0.05) is 24.9 Å². The Bertz CT molecular complexity index is 1190. The van der Waals surface area contributed by atoms with Gasteiger partial charge in [-0.05, 0) is 47.4 Å². The first-order chi connectivity index (χ1) is 17.0. The summed E-state index contributed by atoms with van der Waals surface area (Å²) in [6.45, 7) is 1.07. The van der Waals surface area contributed by atoms with Gasteiger partial charge in [-0.1, -0.05) is 60.7 Å². The average Bonchev–Trinajstić information content (AvgIpc) is 3.30. The molecule has 2 aromatic rings. The maximum absolute atomic E-state index is 13.1. The summed E-state index contributed by atoms with van der Waals surface area (Å²) >= 11 is 0. The second-order valence-corrected chi connectivity index (χ2v) is 10.3. The van der Waals surface area contributed by atoms with Crippen molar-refractivity contribution in [3.05, 3.63) is 71.8 Å². The first-order valence-corrected chi connectivity index (χ1v) is 12.3. The van der Waals surface area contributed by atoms with Gasteiger partial charge in [0.15, 0.2) is 0 Å². The maximum atomic E-state index is 13.1. The molecule has 0 bridgehead atoms. The number of aliphatic carboxylic acids is 1. The van der Waals surface area contributed by atoms with Crippen LogP contribution in [-0.4, -0.2) is 53.7 Å². The van der Waals surface area contributed by atoms with Crippen molar-refractivity contribution in [1.82, 2.24) is 10.2 Å². The molecule has 4 aliphatic rings. The highest BCUT2D eigenvalue weighted by Gasteiger charge is 2.66. The summed E-state index contributed by atoms with van der Waals surface area (Å²) in [5.41, 5.74) is 3.95. The van der Waals surface area contributed by atoms with E-state index in [0.29, 0.717) is 32.4 Å². The number of fused-ring (bicyclic) bond motifs is 4. The molecule has 0 aromatic heterocycles. The van der Waals surface area contributed by atoms with Gasteiger partial charge in [-0.15, -0.1) is 0 Å². The topological polar surface area (TPSA) is 95.9 Å². The minimum atomic E-state index is -0.795. The third-order valence-corrected chi connectivity index (χ3v) is 8.21. The van der Waals surface area contributed by atoms with Gasteiger partial charge in [-0.3, -0.25) is 9.59 Å². The quantitative estimate of drug-likeness (QED) is 0.646. The predicted octanol–water partition coefficient (Wildman–Crippen LogP) is 3.79. The molecule has 2 aromatic carbocycles. The van der Waals surface area contributed by atoms with E-state index in [0.717, 1.165) is 11.1 Å². The fraction of sp³-hybridized carbons (Fsp3) is 0.393. The van der Waals surface area contributed by atoms with Gasteiger partial charge in [-0.2, -0.15) is 0 Å². The molecule has 1 aliphatic heterocycles. The Kier molecular flexibility index (Phi) is 5.16. The van der Waals surface area contributed by atoms with Crippen molar-refractivity contribution in [2.75, 3.05) is 19.7 Å². The van der Waals surface area contributed by atoms with Crippen molar-refractivity contribution in [3.8, 4) is 11.1 Å². The molecule has 35 heavy (non-hydrogen) atoms. The van der Waals surface area contributed by atoms with E-state index in [1.807, 2.05) is 36.4 Å². The number of hydrogen-bond acceptors (Lipinski definition) is 4. The van der Waals surface area contributed by atoms with Crippen molar-refractivity contribution in [2.45, 2.75) is 31.2 Å². The summed E-state index contributed by atoms with van der Waals surface area (Å²) in [6.07, 6.45) is 5.09. The monoisotopic (exact) mass is 472 g/mol. The Labute approximate surface area is 203 Å². The number of ether oxygens (including phenoxy) is 1. The molecule has 4 atom stereocenters. The molecular formula is C28H28N2O5. The maximum Gasteiger partial charge on any atom is 0.407 e. The fourth-order valence-corrected chi connectivity index (χ4v) is 6.23. The number of carboxylic acids is 1. The zero-order valence-electron chi connectivity index (χ0n) is 19.4. The number of carbonyl (C=O) groups is 3. The van der Waals surface area contributed by atoms with Crippen LogP contribution in [0, 0.1) is 17.3 Å². The summed E-state index contributed by atoms with van der Waals surface area (Å²) in [7, 11) is 0. The van der Waals surface area contributed by atoms with Crippen molar-refractivity contribution < 1.29 is 24.2 Å². The highest BCUT2D eigenvalue weighted by Crippen LogP contribution is 2.58. The summed E-state index contributed by atoms with van der Waals surface area (Å²) < 4.78 is 5.65. The molecule has 1 heterocycles. The van der Waals surface area contributed by atoms with Gasteiger partial charge in [0.05, 0.1) is 11.5 Å². The number of carboxylic acid groups (broad SMARTS) is 1. The molecule has 2 N–H and O–H groups in total. The Morgan fingerprint density at radius 3 is 2.40 bits per heavy atom. The van der Waals surface area contributed by atoms with E-state index >= 15 is 0 Å². The predicted molar refractivity (Wildman–Crippen MR) is 129 cm³/mol. The second kappa shape index (κ2) is 8.26. The van der Waals surface area contributed by atoms with Crippen LogP contribution >= 0.6 is 0 Å². The number of piperidine rings is 1. The Morgan fingerprint density at radius 1 is 1.06 bits per heavy atom. The zero-order chi connectivity index (χ0) is 24.2. The molecule has 180 valence electrons. The standard InChI is InChI=1S/C28H28N2O5/c31-25(30-14-18-13-28(18,16-30)26(32)33)17-6-5-7-19(12-17)29-27(34)35-15-24-22-10-3-1-8-20(22)21-9-2-4-11-23(21)24/h1-5,7-11,17-19,24H,6,12-16H2,(H,29,34)(H,32,33)/t17-,18?,19-,28?/m1/s1. The molecule has 1 saturated heterocycles. The van der Waals surface area contributed by atoms with Gasteiger partial charge < -0.3 is 20.1 Å². The third kappa shape index (κ3) is 3.70. The molecule has 3 aliphatic carbocycles. The normalized spacial score (nSPS) is 28.1. The SMILES string of the molecule is O=C(N[C@@H]1C=CC[C@@H](C(=O)N2CC3CC3(C(=O)O)C2)C1)OCC1c2ccccc2-c2ccccc21. The van der Waals surface area contributed by atoms with Crippen LogP contribution in [0.2, 0.25) is 0 Å². The van der Waals surface area contributed by atoms with Crippen LogP contribution in [0.4, 0.5) is 4.79 Å². The van der Waals surface area contributed by atoms with Gasteiger partial charge >= 0.3 is 12.1 Å². The average molecular weight is 473 g/mol. The number of nitrogens with one attached hydrogen (secondary N) is 1. The molecule has 0 spiro atoms. The smallest absolute Gasteiger partial charge is 0.407 e. The number of hydrogen-bond donors (Lipinski definition) is 2. The van der Waals surface area contributed by atoms with Crippen molar-refractivity contribution in [2.24, 2.45) is 17.3 Å². The number of benzene rings is 2. The molecule has 0 radical (unpaired) electrons. The number of nitrogens with zero attached hydrogens (tertiary/aromatic N) is 1. The van der Waals surface area contributed by atoms with E-state index < -0.39 is 17.5 Å². The minimum Gasteiger partial charge on any atom is -0.481 e. The summed E-state index contributed by atoms with van der Waals surface area (Å²) in [5.74, 6) is -0.995. The lowest BCUT2D eigenvalue weighted by Gasteiger charge is -2.29. The molecule has 7 nitrogen and oxygen atoms in total. The highest BCUT2D eigenvalue weighted by atomic mass is 16.5. The third-order valence-electron chi connectivity index (χ3n) is 8.21. The first kappa shape index (κ1) is 21.9. The lowest BCUT2D eigenvalue weighted by Crippen LogP contribution is -2.43. The second-order valence-electron chi connectivity index (χ2n) is 10.3. The van der Waals surface area contributed by atoms with Crippen LogP contribution in [0.1, 0.15) is 36.3 Å². The first-order valence-electron chi connectivity index (χ1n) is 12.3. The zero-order valence-corrected chi connectivity index (χ0v) is 19.4. The van der Waals surface area contributed by atoms with Gasteiger partial charge in [-0.25, -0.2) is 4.79 Å². The van der Waals surface area contributed by atoms with Gasteiger partial charge in [0.25, 0.3) is 0 Å². The van der Waals surface area contributed by atoms with E-state index in [1.54, 1.807) is 4.90 Å². The van der Waals surface area contributed by atoms with Crippen LogP contribution in [0.5, 0.6) is 0 Å². The summed E-state index contributed by atoms with van der Waals surface area (Å²) in [5, 5.41) is 12.4. The summed E-state index contributed by atoms with van der Waals surface area (Å²) in [6, 6.07) is 16.1. The van der Waals surface area contributed by atoms with E-state index in [1.165, 1.54) is 11.1 Å². The van der Waals surface area contributed by atoms with Crippen LogP contribution in [-0.2, 0) is 14.3 Å². The number of amides is 2. The number of alkyl carbamates (subject to hydrolysis) is 1. The Hall–Kier alpha value is -3.61. The lowest BCUT2D eigenvalue weighted by molar-refractivity contribution is -0.144. The van der Waals surface area contributed by atoms with E-state index in [4.69, 9.17) is 4.74 Å². The number of likely N-dealkylation sites (tertiary alicyclic amines) is 1. The lowest BCUT2D eigenvalue weighted by atomic mass is 9.89. The van der Waals surface area contributed by atoms with Gasteiger partial charge in [0.1, 0.15) is 6.61 Å². The number of carbonyl (C=O) groups excluding carboxylic acids is 2. The molecule has 7 heteroatoms. The van der Waals surface area contributed by atoms with Crippen molar-refractivity contribution >= 4 is 18.0 Å². The van der Waals surface area contributed by atoms with Crippen molar-refractivity contribution in [1.29, 1.82) is 0 Å². The molecular weight excluding hydrogens is 444 g/mol. The molecule has 2 amide bonds. The van der Waals surface area contributed by atoms with Crippen LogP contribution < -0.4 is 5.32 Å². The van der Waals surface area contributed by atoms with Crippen LogP contribution in [0.25, 0.3) is 11.1 Å². The Balaban J connectivity index is 1.05. The highest BCUT2D eigenvalue weighted by molar-refractivity contribution is 5.85. The van der Waals surface area contributed by atoms with E-state index in [-0.39, 0.29) is 36.3 Å². The molecule has 6 rings (SSSR count). The molecule has 1 saturated carbocycles. The Morgan fingerprint density at radius 2 is 1.74 bits per heavy atom. The van der Waals surface area contributed by atoms with Gasteiger partial charge in [0.2, 0.25) is 5.91 Å². The van der Waals surface area contributed by atoms with Crippen molar-refractivity contribution in [3.63, 3.8) is 0 Å². The molecule has 2 unspecified atom stereocenters. The largest absolute Gasteiger partial charge is 0.481 e. The number of rotatable bonds is 5. The fourth-order valence-electron chi connectivity index (χ4n) is 6.23. The van der Waals surface area contributed by atoms with Crippen LogP contribution in [0.3, 0.4) is 0 Å². The van der Waals surface area contributed by atoms with E-state index in [9.17, 15) is 19.5 Å². The minimum absolute atomic E-state index is 0.00692. The summed E-state index contributed by atoms with van der Waals surface area (Å²) in [4.78, 5) is 39.0. The molecule has 2 fully saturated rings. The van der Waals surface area contributed by atoms with E-state index in [2.05, 4.69) is 29.6 Å². The number of allylic oxidation sites excluding steroid dienone is 1. The van der Waals surface area contributed by atoms with Crippen LogP contribution in [0.15, 0.2) is 60.7 Å².